The number of nitro groups is 1. The molecule has 1 saturated carbocycles. The van der Waals surface area contributed by atoms with Crippen molar-refractivity contribution in [3.63, 3.8) is 0 Å². The van der Waals surface area contributed by atoms with Crippen LogP contribution in [0.1, 0.15) is 25.7 Å². The fourth-order valence-electron chi connectivity index (χ4n) is 2.63. The van der Waals surface area contributed by atoms with Crippen molar-refractivity contribution in [2.45, 2.75) is 25.7 Å². The van der Waals surface area contributed by atoms with E-state index in [2.05, 4.69) is 15.6 Å². The highest BCUT2D eigenvalue weighted by Gasteiger charge is 2.33. The van der Waals surface area contributed by atoms with Gasteiger partial charge in [-0.2, -0.15) is 0 Å². The van der Waals surface area contributed by atoms with Crippen LogP contribution in [0.5, 0.6) is 0 Å². The molecule has 1 aliphatic rings. The Morgan fingerprint density at radius 3 is 2.60 bits per heavy atom. The number of aromatic nitrogens is 1. The van der Waals surface area contributed by atoms with Gasteiger partial charge >= 0.3 is 0 Å². The molecule has 0 aromatic carbocycles. The van der Waals surface area contributed by atoms with Gasteiger partial charge in [0.15, 0.2) is 0 Å². The molecule has 2 rings (SSSR count). The van der Waals surface area contributed by atoms with E-state index in [1.165, 1.54) is 12.1 Å². The summed E-state index contributed by atoms with van der Waals surface area (Å²) < 4.78 is 0. The summed E-state index contributed by atoms with van der Waals surface area (Å²) in [6.07, 6.45) is 4.19. The van der Waals surface area contributed by atoms with Crippen molar-refractivity contribution < 1.29 is 10.0 Å². The van der Waals surface area contributed by atoms with Crippen molar-refractivity contribution in [2.75, 3.05) is 30.8 Å². The van der Waals surface area contributed by atoms with E-state index in [4.69, 9.17) is 0 Å². The van der Waals surface area contributed by atoms with E-state index in [-0.39, 0.29) is 17.7 Å². The molecule has 7 nitrogen and oxygen atoms in total. The van der Waals surface area contributed by atoms with E-state index in [1.807, 2.05) is 0 Å². The maximum absolute atomic E-state index is 10.9. The Bertz CT molecular complexity index is 487. The van der Waals surface area contributed by atoms with Gasteiger partial charge < -0.3 is 15.7 Å². The summed E-state index contributed by atoms with van der Waals surface area (Å²) >= 11 is 0. The highest BCUT2D eigenvalue weighted by atomic mass is 16.6. The zero-order chi connectivity index (χ0) is 14.6. The van der Waals surface area contributed by atoms with Crippen molar-refractivity contribution in [3.8, 4) is 0 Å². The summed E-state index contributed by atoms with van der Waals surface area (Å²) in [6, 6.07) is 2.81. The molecule has 0 spiro atoms. The average molecular weight is 280 g/mol. The lowest BCUT2D eigenvalue weighted by Gasteiger charge is -2.26. The van der Waals surface area contributed by atoms with Crippen molar-refractivity contribution in [1.82, 2.24) is 4.98 Å². The highest BCUT2D eigenvalue weighted by molar-refractivity contribution is 5.54. The van der Waals surface area contributed by atoms with E-state index >= 15 is 0 Å². The van der Waals surface area contributed by atoms with Crippen LogP contribution < -0.4 is 10.6 Å². The van der Waals surface area contributed by atoms with E-state index < -0.39 is 4.92 Å². The topological polar surface area (TPSA) is 100 Å². The minimum absolute atomic E-state index is 0.00341. The van der Waals surface area contributed by atoms with Gasteiger partial charge in [-0.1, -0.05) is 12.8 Å². The van der Waals surface area contributed by atoms with Crippen LogP contribution in [0.4, 0.5) is 17.3 Å². The molecule has 0 atom stereocenters. The van der Waals surface area contributed by atoms with Gasteiger partial charge in [0.05, 0.1) is 23.7 Å². The Morgan fingerprint density at radius 1 is 1.40 bits per heavy atom. The summed E-state index contributed by atoms with van der Waals surface area (Å²) in [6.45, 7) is 0.717. The summed E-state index contributed by atoms with van der Waals surface area (Å²) in [5.74, 6) is 0.912. The summed E-state index contributed by atoms with van der Waals surface area (Å²) in [5, 5.41) is 26.4. The molecule has 1 heterocycles. The zero-order valence-electron chi connectivity index (χ0n) is 11.6. The smallest absolute Gasteiger partial charge is 0.276 e. The predicted octanol–water partition coefficient (Wildman–Crippen LogP) is 2.00. The number of nitrogens with zero attached hydrogens (tertiary/aromatic N) is 2. The van der Waals surface area contributed by atoms with Crippen LogP contribution in [0.25, 0.3) is 0 Å². The van der Waals surface area contributed by atoms with Crippen LogP contribution >= 0.6 is 0 Å². The molecule has 0 bridgehead atoms. The first kappa shape index (κ1) is 14.5. The monoisotopic (exact) mass is 280 g/mol. The number of hydrogen-bond donors (Lipinski definition) is 3. The van der Waals surface area contributed by atoms with Crippen LogP contribution in [-0.2, 0) is 0 Å². The fraction of sp³-hybridized carbons (Fsp3) is 0.615. The highest BCUT2D eigenvalue weighted by Crippen LogP contribution is 2.37. The standard InChI is InChI=1S/C13H20N4O3/c1-14-11-6-10(17(19)20)7-12(16-11)15-8-13(9-18)4-2-3-5-13/h6-7,18H,2-5,8-9H2,1H3,(H2,14,15,16). The third-order valence-corrected chi connectivity index (χ3v) is 3.92. The lowest BCUT2D eigenvalue weighted by Crippen LogP contribution is -2.30. The summed E-state index contributed by atoms with van der Waals surface area (Å²) in [7, 11) is 1.67. The van der Waals surface area contributed by atoms with Gasteiger partial charge in [-0.15, -0.1) is 0 Å². The van der Waals surface area contributed by atoms with Crippen molar-refractivity contribution >= 4 is 17.3 Å². The van der Waals surface area contributed by atoms with Crippen LogP contribution in [0.15, 0.2) is 12.1 Å². The lowest BCUT2D eigenvalue weighted by atomic mass is 9.87. The first-order valence-corrected chi connectivity index (χ1v) is 6.77. The van der Waals surface area contributed by atoms with Gasteiger partial charge in [0.1, 0.15) is 11.6 Å². The van der Waals surface area contributed by atoms with E-state index in [1.54, 1.807) is 7.05 Å². The van der Waals surface area contributed by atoms with E-state index in [0.29, 0.717) is 18.2 Å². The third-order valence-electron chi connectivity index (χ3n) is 3.92. The van der Waals surface area contributed by atoms with E-state index in [9.17, 15) is 15.2 Å². The molecule has 0 radical (unpaired) electrons. The Hall–Kier alpha value is -1.89. The van der Waals surface area contributed by atoms with Crippen LogP contribution in [0.3, 0.4) is 0 Å². The van der Waals surface area contributed by atoms with Gasteiger partial charge in [0, 0.05) is 19.0 Å². The molecule has 1 aromatic heterocycles. The van der Waals surface area contributed by atoms with Gasteiger partial charge in [-0.25, -0.2) is 4.98 Å². The van der Waals surface area contributed by atoms with Crippen LogP contribution in [-0.4, -0.2) is 35.2 Å². The molecular weight excluding hydrogens is 260 g/mol. The predicted molar refractivity (Wildman–Crippen MR) is 76.9 cm³/mol. The van der Waals surface area contributed by atoms with Gasteiger partial charge in [-0.05, 0) is 12.8 Å². The second kappa shape index (κ2) is 6.04. The largest absolute Gasteiger partial charge is 0.396 e. The van der Waals surface area contributed by atoms with Crippen LogP contribution in [0, 0.1) is 15.5 Å². The van der Waals surface area contributed by atoms with Crippen LogP contribution in [0.2, 0.25) is 0 Å². The zero-order valence-corrected chi connectivity index (χ0v) is 11.6. The first-order valence-electron chi connectivity index (χ1n) is 6.77. The molecule has 0 aliphatic heterocycles. The minimum Gasteiger partial charge on any atom is -0.396 e. The molecule has 1 aliphatic carbocycles. The molecule has 3 N–H and O–H groups in total. The maximum atomic E-state index is 10.9. The van der Waals surface area contributed by atoms with E-state index in [0.717, 1.165) is 25.7 Å². The fourth-order valence-corrected chi connectivity index (χ4v) is 2.63. The Labute approximate surface area is 117 Å². The maximum Gasteiger partial charge on any atom is 0.276 e. The number of pyridine rings is 1. The first-order chi connectivity index (χ1) is 9.58. The van der Waals surface area contributed by atoms with Gasteiger partial charge in [-0.3, -0.25) is 10.1 Å². The minimum atomic E-state index is -0.439. The molecule has 110 valence electrons. The third kappa shape index (κ3) is 3.16. The number of anilines is 2. The molecule has 7 heteroatoms. The Morgan fingerprint density at radius 2 is 2.05 bits per heavy atom. The number of nitrogens with one attached hydrogen (secondary N) is 2. The molecule has 1 fully saturated rings. The SMILES string of the molecule is CNc1cc([N+](=O)[O-])cc(NCC2(CO)CCCC2)n1. The number of aliphatic hydroxyl groups excluding tert-OH is 1. The molecule has 0 amide bonds. The second-order valence-electron chi connectivity index (χ2n) is 5.32. The van der Waals surface area contributed by atoms with Crippen molar-refractivity contribution in [2.24, 2.45) is 5.41 Å². The van der Waals surface area contributed by atoms with Gasteiger partial charge in [0.25, 0.3) is 5.69 Å². The quantitative estimate of drug-likeness (QED) is 0.544. The number of aliphatic hydroxyl groups is 1. The Balaban J connectivity index is 2.12. The molecule has 1 aromatic rings. The summed E-state index contributed by atoms with van der Waals surface area (Å²) in [4.78, 5) is 14.7. The molecule has 0 unspecified atom stereocenters. The van der Waals surface area contributed by atoms with Gasteiger partial charge in [0.2, 0.25) is 0 Å². The lowest BCUT2D eigenvalue weighted by molar-refractivity contribution is -0.384. The average Bonchev–Trinajstić information content (AvgIpc) is 2.94. The van der Waals surface area contributed by atoms with Crippen molar-refractivity contribution in [1.29, 1.82) is 0 Å². The normalized spacial score (nSPS) is 16.9. The second-order valence-corrected chi connectivity index (χ2v) is 5.32. The Kier molecular flexibility index (Phi) is 4.39. The molecular formula is C13H20N4O3. The summed E-state index contributed by atoms with van der Waals surface area (Å²) in [5.41, 5.74) is -0.122. The van der Waals surface area contributed by atoms with Crippen molar-refractivity contribution in [3.05, 3.63) is 22.2 Å². The molecule has 0 saturated heterocycles. The molecule has 20 heavy (non-hydrogen) atoms. The number of hydrogen-bond acceptors (Lipinski definition) is 6. The number of rotatable bonds is 6.